The van der Waals surface area contributed by atoms with Crippen molar-refractivity contribution in [1.29, 1.82) is 0 Å². The summed E-state index contributed by atoms with van der Waals surface area (Å²) in [4.78, 5) is 4.52. The van der Waals surface area contributed by atoms with Crippen molar-refractivity contribution in [1.82, 2.24) is 10.6 Å². The summed E-state index contributed by atoms with van der Waals surface area (Å²) in [7, 11) is 0. The first-order valence-electron chi connectivity index (χ1n) is 6.43. The minimum Gasteiger partial charge on any atom is -0.454 e. The second-order valence-electron chi connectivity index (χ2n) is 4.25. The zero-order valence-corrected chi connectivity index (χ0v) is 13.0. The molecule has 1 aromatic rings. The van der Waals surface area contributed by atoms with Gasteiger partial charge in [0, 0.05) is 17.6 Å². The normalized spacial score (nSPS) is 13.2. The van der Waals surface area contributed by atoms with Crippen molar-refractivity contribution in [2.24, 2.45) is 4.99 Å². The van der Waals surface area contributed by atoms with Gasteiger partial charge in [-0.1, -0.05) is 28.6 Å². The van der Waals surface area contributed by atoms with Gasteiger partial charge in [0.15, 0.2) is 17.5 Å². The summed E-state index contributed by atoms with van der Waals surface area (Å²) >= 11 is 3.31. The molecule has 0 unspecified atom stereocenters. The molecular weight excluding hydrogens is 322 g/mol. The third-order valence-corrected chi connectivity index (χ3v) is 2.93. The number of hydrogen-bond donors (Lipinski definition) is 2. The lowest BCUT2D eigenvalue weighted by atomic mass is 10.2. The van der Waals surface area contributed by atoms with Gasteiger partial charge >= 0.3 is 0 Å². The Morgan fingerprint density at radius 2 is 2.15 bits per heavy atom. The molecule has 20 heavy (non-hydrogen) atoms. The van der Waals surface area contributed by atoms with Gasteiger partial charge in [-0.2, -0.15) is 0 Å². The largest absolute Gasteiger partial charge is 0.454 e. The lowest BCUT2D eigenvalue weighted by molar-refractivity contribution is 0.174. The van der Waals surface area contributed by atoms with Crippen LogP contribution in [0.4, 0.5) is 0 Å². The van der Waals surface area contributed by atoms with E-state index < -0.39 is 0 Å². The molecular formula is C14H18BrN3O2. The molecule has 0 spiro atoms. The van der Waals surface area contributed by atoms with Gasteiger partial charge in [0.25, 0.3) is 0 Å². The number of rotatable bonds is 5. The predicted octanol–water partition coefficient (Wildman–Crippen LogP) is 2.38. The van der Waals surface area contributed by atoms with Gasteiger partial charge < -0.3 is 20.1 Å². The summed E-state index contributed by atoms with van der Waals surface area (Å²) in [5.74, 6) is 2.33. The highest BCUT2D eigenvalue weighted by molar-refractivity contribution is 9.11. The minimum atomic E-state index is 0.291. The third-order valence-electron chi connectivity index (χ3n) is 2.65. The van der Waals surface area contributed by atoms with Crippen LogP contribution in [0.3, 0.4) is 0 Å². The maximum Gasteiger partial charge on any atom is 0.231 e. The molecule has 1 aliphatic rings. The van der Waals surface area contributed by atoms with E-state index in [0.29, 0.717) is 19.9 Å². The Kier molecular flexibility index (Phi) is 5.29. The highest BCUT2D eigenvalue weighted by Gasteiger charge is 2.12. The average Bonchev–Trinajstić information content (AvgIpc) is 2.89. The van der Waals surface area contributed by atoms with Crippen LogP contribution < -0.4 is 20.1 Å². The lowest BCUT2D eigenvalue weighted by Gasteiger charge is -2.10. The maximum absolute atomic E-state index is 5.35. The maximum atomic E-state index is 5.35. The molecule has 5 nitrogen and oxygen atoms in total. The van der Waals surface area contributed by atoms with Crippen LogP contribution in [0.25, 0.3) is 0 Å². The lowest BCUT2D eigenvalue weighted by Crippen LogP contribution is -2.37. The summed E-state index contributed by atoms with van der Waals surface area (Å²) in [6.45, 7) is 8.11. The molecule has 2 N–H and O–H groups in total. The Morgan fingerprint density at radius 3 is 2.90 bits per heavy atom. The molecule has 2 rings (SSSR count). The molecule has 6 heteroatoms. The molecule has 0 aromatic heterocycles. The van der Waals surface area contributed by atoms with E-state index in [1.165, 1.54) is 0 Å². The highest BCUT2D eigenvalue weighted by Crippen LogP contribution is 2.32. The van der Waals surface area contributed by atoms with E-state index in [9.17, 15) is 0 Å². The summed E-state index contributed by atoms with van der Waals surface area (Å²) < 4.78 is 11.5. The average molecular weight is 340 g/mol. The predicted molar refractivity (Wildman–Crippen MR) is 83.5 cm³/mol. The Bertz CT molecular complexity index is 517. The van der Waals surface area contributed by atoms with Crippen LogP contribution >= 0.6 is 15.9 Å². The standard InChI is InChI=1S/C14H18BrN3O2/c1-3-16-14(17-7-10(2)15)18-8-11-4-5-12-13(6-11)20-9-19-12/h4-6H,2-3,7-9H2,1H3,(H2,16,17,18). The fraction of sp³-hybridized carbons (Fsp3) is 0.357. The first-order valence-corrected chi connectivity index (χ1v) is 7.22. The smallest absolute Gasteiger partial charge is 0.231 e. The number of hydrogen-bond acceptors (Lipinski definition) is 3. The van der Waals surface area contributed by atoms with Crippen LogP contribution in [0.1, 0.15) is 12.5 Å². The van der Waals surface area contributed by atoms with Gasteiger partial charge in [-0.15, -0.1) is 0 Å². The Balaban J connectivity index is 1.99. The molecule has 0 bridgehead atoms. The van der Waals surface area contributed by atoms with Crippen molar-refractivity contribution in [3.63, 3.8) is 0 Å². The highest BCUT2D eigenvalue weighted by atomic mass is 79.9. The Hall–Kier alpha value is -1.69. The van der Waals surface area contributed by atoms with E-state index in [-0.39, 0.29) is 0 Å². The molecule has 0 radical (unpaired) electrons. The van der Waals surface area contributed by atoms with Gasteiger partial charge in [0.2, 0.25) is 6.79 Å². The molecule has 0 aliphatic carbocycles. The number of guanidine groups is 1. The van der Waals surface area contributed by atoms with E-state index in [2.05, 4.69) is 38.1 Å². The van der Waals surface area contributed by atoms with E-state index in [1.54, 1.807) is 0 Å². The van der Waals surface area contributed by atoms with E-state index in [4.69, 9.17) is 9.47 Å². The second kappa shape index (κ2) is 7.19. The van der Waals surface area contributed by atoms with Gasteiger partial charge in [0.1, 0.15) is 0 Å². The first-order chi connectivity index (χ1) is 9.69. The topological polar surface area (TPSA) is 54.9 Å². The quantitative estimate of drug-likeness (QED) is 0.638. The summed E-state index contributed by atoms with van der Waals surface area (Å²) in [6.07, 6.45) is 0. The Morgan fingerprint density at radius 1 is 1.35 bits per heavy atom. The monoisotopic (exact) mass is 339 g/mol. The summed E-state index contributed by atoms with van der Waals surface area (Å²) in [5, 5.41) is 6.36. The SMILES string of the molecule is C=C(Br)CNC(=NCc1ccc2c(c1)OCO2)NCC. The van der Waals surface area contributed by atoms with Crippen LogP contribution in [0.2, 0.25) is 0 Å². The van der Waals surface area contributed by atoms with Crippen molar-refractivity contribution in [2.45, 2.75) is 13.5 Å². The van der Waals surface area contributed by atoms with Gasteiger partial charge in [-0.25, -0.2) is 4.99 Å². The number of fused-ring (bicyclic) bond motifs is 1. The fourth-order valence-corrected chi connectivity index (χ4v) is 1.87. The molecule has 0 saturated carbocycles. The van der Waals surface area contributed by atoms with Crippen molar-refractivity contribution >= 4 is 21.9 Å². The molecule has 1 heterocycles. The van der Waals surface area contributed by atoms with E-state index >= 15 is 0 Å². The molecule has 1 aliphatic heterocycles. The number of aliphatic imine (C=N–C) groups is 1. The van der Waals surface area contributed by atoms with E-state index in [0.717, 1.165) is 34.0 Å². The molecule has 0 atom stereocenters. The van der Waals surface area contributed by atoms with Crippen molar-refractivity contribution < 1.29 is 9.47 Å². The van der Waals surface area contributed by atoms with Crippen molar-refractivity contribution in [3.8, 4) is 11.5 Å². The van der Waals surface area contributed by atoms with E-state index in [1.807, 2.05) is 25.1 Å². The molecule has 0 amide bonds. The zero-order chi connectivity index (χ0) is 14.4. The Labute approximate surface area is 127 Å². The number of halogens is 1. The molecule has 108 valence electrons. The molecule has 1 aromatic carbocycles. The fourth-order valence-electron chi connectivity index (χ4n) is 1.73. The second-order valence-corrected chi connectivity index (χ2v) is 5.38. The number of ether oxygens (including phenoxy) is 2. The van der Waals surface area contributed by atoms with Crippen molar-refractivity contribution in [2.75, 3.05) is 19.9 Å². The van der Waals surface area contributed by atoms with Crippen LogP contribution in [0.5, 0.6) is 11.5 Å². The van der Waals surface area contributed by atoms with Crippen molar-refractivity contribution in [3.05, 3.63) is 34.8 Å². The number of nitrogens with zero attached hydrogens (tertiary/aromatic N) is 1. The van der Waals surface area contributed by atoms with Crippen LogP contribution in [0.15, 0.2) is 34.3 Å². The molecule has 0 saturated heterocycles. The number of benzene rings is 1. The summed E-state index contributed by atoms with van der Waals surface area (Å²) in [5.41, 5.74) is 1.07. The van der Waals surface area contributed by atoms with Crippen LogP contribution in [-0.2, 0) is 6.54 Å². The summed E-state index contributed by atoms with van der Waals surface area (Å²) in [6, 6.07) is 5.86. The van der Waals surface area contributed by atoms with Gasteiger partial charge in [-0.05, 0) is 24.6 Å². The van der Waals surface area contributed by atoms with Crippen LogP contribution in [0, 0.1) is 0 Å². The number of nitrogens with one attached hydrogen (secondary N) is 2. The first kappa shape index (κ1) is 14.7. The molecule has 0 fully saturated rings. The van der Waals surface area contributed by atoms with Crippen LogP contribution in [-0.4, -0.2) is 25.8 Å². The zero-order valence-electron chi connectivity index (χ0n) is 11.4. The third kappa shape index (κ3) is 4.16. The van der Waals surface area contributed by atoms with Gasteiger partial charge in [-0.3, -0.25) is 0 Å². The minimum absolute atomic E-state index is 0.291. The van der Waals surface area contributed by atoms with Gasteiger partial charge in [0.05, 0.1) is 6.54 Å².